The van der Waals surface area contributed by atoms with Gasteiger partial charge in [-0.15, -0.1) is 0 Å². The van der Waals surface area contributed by atoms with Crippen LogP contribution in [0, 0.1) is 23.5 Å². The Bertz CT molecular complexity index is 692. The molecule has 1 saturated carbocycles. The minimum atomic E-state index is -4.38. The number of carbonyl (C=O) groups excluding carboxylic acids is 1. The lowest BCUT2D eigenvalue weighted by Gasteiger charge is -2.33. The average molecular weight is 393 g/mol. The van der Waals surface area contributed by atoms with Crippen LogP contribution in [0.3, 0.4) is 0 Å². The fraction of sp³-hybridized carbons (Fsp3) is 0.556. The summed E-state index contributed by atoms with van der Waals surface area (Å²) in [5, 5.41) is 8.85. The van der Waals surface area contributed by atoms with Crippen molar-refractivity contribution in [3.05, 3.63) is 35.4 Å². The van der Waals surface area contributed by atoms with E-state index in [1.54, 1.807) is 0 Å². The van der Waals surface area contributed by atoms with Gasteiger partial charge in [-0.25, -0.2) is 8.78 Å². The maximum absolute atomic E-state index is 13.4. The molecule has 9 heteroatoms. The lowest BCUT2D eigenvalue weighted by Crippen LogP contribution is -2.40. The summed E-state index contributed by atoms with van der Waals surface area (Å²) in [7, 11) is 0. The van der Waals surface area contributed by atoms with Gasteiger partial charge in [0.05, 0.1) is 12.3 Å². The van der Waals surface area contributed by atoms with Crippen LogP contribution in [-0.2, 0) is 16.1 Å². The second-order valence-corrected chi connectivity index (χ2v) is 6.75. The summed E-state index contributed by atoms with van der Waals surface area (Å²) in [4.78, 5) is 24.7. The van der Waals surface area contributed by atoms with Crippen molar-refractivity contribution in [1.29, 1.82) is 0 Å². The Kier molecular flexibility index (Phi) is 6.78. The van der Waals surface area contributed by atoms with Gasteiger partial charge in [0.25, 0.3) is 0 Å². The minimum absolute atomic E-state index is 0.0361. The molecule has 27 heavy (non-hydrogen) atoms. The molecular formula is C18H20F5NO3. The first-order valence-corrected chi connectivity index (χ1v) is 8.59. The van der Waals surface area contributed by atoms with Crippen LogP contribution in [0.5, 0.6) is 0 Å². The van der Waals surface area contributed by atoms with Crippen LogP contribution < -0.4 is 0 Å². The van der Waals surface area contributed by atoms with Crippen molar-refractivity contribution in [3.8, 4) is 0 Å². The van der Waals surface area contributed by atoms with Crippen molar-refractivity contribution in [2.75, 3.05) is 6.54 Å². The Morgan fingerprint density at radius 3 is 2.44 bits per heavy atom. The SMILES string of the molecule is O=C(O)CCN(Cc1ccc(F)c(F)c1)C(=O)C1CCCC(C(F)(F)F)C1. The molecule has 2 unspecified atom stereocenters. The fourth-order valence-electron chi connectivity index (χ4n) is 3.33. The van der Waals surface area contributed by atoms with E-state index in [4.69, 9.17) is 5.11 Å². The molecule has 1 amide bonds. The third kappa shape index (κ3) is 5.90. The fourth-order valence-corrected chi connectivity index (χ4v) is 3.33. The number of amides is 1. The summed E-state index contributed by atoms with van der Waals surface area (Å²) < 4.78 is 65.4. The molecule has 0 aromatic heterocycles. The molecule has 0 bridgehead atoms. The molecule has 1 N–H and O–H groups in total. The summed E-state index contributed by atoms with van der Waals surface area (Å²) in [5.74, 6) is -6.38. The number of nitrogens with zero attached hydrogens (tertiary/aromatic N) is 1. The minimum Gasteiger partial charge on any atom is -0.481 e. The van der Waals surface area contributed by atoms with Gasteiger partial charge in [0, 0.05) is 19.0 Å². The van der Waals surface area contributed by atoms with Crippen LogP contribution in [0.1, 0.15) is 37.7 Å². The van der Waals surface area contributed by atoms with Gasteiger partial charge in [-0.2, -0.15) is 13.2 Å². The lowest BCUT2D eigenvalue weighted by atomic mass is 9.80. The quantitative estimate of drug-likeness (QED) is 0.740. The zero-order chi connectivity index (χ0) is 20.2. The molecule has 0 heterocycles. The first-order chi connectivity index (χ1) is 12.6. The molecule has 1 fully saturated rings. The third-order valence-corrected chi connectivity index (χ3v) is 4.75. The number of rotatable bonds is 6. The number of benzene rings is 1. The van der Waals surface area contributed by atoms with Gasteiger partial charge in [0.2, 0.25) is 5.91 Å². The highest BCUT2D eigenvalue weighted by Gasteiger charge is 2.44. The zero-order valence-corrected chi connectivity index (χ0v) is 14.4. The molecule has 2 atom stereocenters. The van der Waals surface area contributed by atoms with Gasteiger partial charge in [-0.3, -0.25) is 9.59 Å². The van der Waals surface area contributed by atoms with Gasteiger partial charge in [0.15, 0.2) is 11.6 Å². The van der Waals surface area contributed by atoms with Gasteiger partial charge < -0.3 is 10.0 Å². The normalized spacial score (nSPS) is 20.3. The van der Waals surface area contributed by atoms with Crippen LogP contribution in [0.2, 0.25) is 0 Å². The summed E-state index contributed by atoms with van der Waals surface area (Å²) in [6.45, 7) is -0.420. The number of carboxylic acids is 1. The monoisotopic (exact) mass is 393 g/mol. The van der Waals surface area contributed by atoms with E-state index in [2.05, 4.69) is 0 Å². The van der Waals surface area contributed by atoms with Crippen LogP contribution >= 0.6 is 0 Å². The largest absolute Gasteiger partial charge is 0.481 e. The molecule has 1 aromatic rings. The molecule has 1 aliphatic rings. The highest BCUT2D eigenvalue weighted by molar-refractivity contribution is 5.79. The van der Waals surface area contributed by atoms with E-state index in [0.29, 0.717) is 0 Å². The van der Waals surface area contributed by atoms with Crippen molar-refractivity contribution < 1.29 is 36.6 Å². The first-order valence-electron chi connectivity index (χ1n) is 8.59. The lowest BCUT2D eigenvalue weighted by molar-refractivity contribution is -0.187. The summed E-state index contributed by atoms with van der Waals surface area (Å²) in [5.41, 5.74) is 0.232. The van der Waals surface area contributed by atoms with E-state index in [1.165, 1.54) is 6.07 Å². The van der Waals surface area contributed by atoms with Crippen molar-refractivity contribution in [3.63, 3.8) is 0 Å². The molecule has 0 aliphatic heterocycles. The number of aliphatic carboxylic acids is 1. The molecule has 4 nitrogen and oxygen atoms in total. The van der Waals surface area contributed by atoms with Gasteiger partial charge in [-0.1, -0.05) is 12.5 Å². The average Bonchev–Trinajstić information content (AvgIpc) is 2.60. The Morgan fingerprint density at radius 1 is 1.15 bits per heavy atom. The molecule has 1 aromatic carbocycles. The van der Waals surface area contributed by atoms with Crippen molar-refractivity contribution in [1.82, 2.24) is 4.90 Å². The van der Waals surface area contributed by atoms with Crippen LogP contribution in [0.15, 0.2) is 18.2 Å². The van der Waals surface area contributed by atoms with E-state index >= 15 is 0 Å². The molecular weight excluding hydrogens is 373 g/mol. The van der Waals surface area contributed by atoms with E-state index in [1.807, 2.05) is 0 Å². The molecule has 0 spiro atoms. The topological polar surface area (TPSA) is 57.6 Å². The smallest absolute Gasteiger partial charge is 0.391 e. The Morgan fingerprint density at radius 2 is 1.85 bits per heavy atom. The Hall–Kier alpha value is -2.19. The van der Waals surface area contributed by atoms with Crippen molar-refractivity contribution in [2.24, 2.45) is 11.8 Å². The van der Waals surface area contributed by atoms with Crippen molar-refractivity contribution in [2.45, 2.75) is 44.8 Å². The van der Waals surface area contributed by atoms with Gasteiger partial charge in [0.1, 0.15) is 0 Å². The third-order valence-electron chi connectivity index (χ3n) is 4.75. The number of alkyl halides is 3. The number of hydrogen-bond acceptors (Lipinski definition) is 2. The highest BCUT2D eigenvalue weighted by atomic mass is 19.4. The molecule has 2 rings (SSSR count). The van der Waals surface area contributed by atoms with E-state index < -0.39 is 47.9 Å². The van der Waals surface area contributed by atoms with Crippen LogP contribution in [0.4, 0.5) is 22.0 Å². The summed E-state index contributed by atoms with van der Waals surface area (Å²) in [6.07, 6.45) is -4.63. The Labute approximate surface area is 153 Å². The summed E-state index contributed by atoms with van der Waals surface area (Å²) in [6, 6.07) is 3.01. The number of carboxylic acid groups (broad SMARTS) is 1. The zero-order valence-electron chi connectivity index (χ0n) is 14.4. The molecule has 0 radical (unpaired) electrons. The number of halogens is 5. The standard InChI is InChI=1S/C18H20F5NO3/c19-14-5-4-11(8-15(14)20)10-24(7-6-16(25)26)17(27)12-2-1-3-13(9-12)18(21,22)23/h4-5,8,12-13H,1-3,6-7,9-10H2,(H,25,26). The predicted molar refractivity (Wildman–Crippen MR) is 85.5 cm³/mol. The van der Waals surface area contributed by atoms with Gasteiger partial charge >= 0.3 is 12.1 Å². The highest BCUT2D eigenvalue weighted by Crippen LogP contribution is 2.40. The van der Waals surface area contributed by atoms with E-state index in [9.17, 15) is 31.5 Å². The molecule has 0 saturated heterocycles. The second-order valence-electron chi connectivity index (χ2n) is 6.75. The van der Waals surface area contributed by atoms with E-state index in [0.717, 1.165) is 17.0 Å². The molecule has 150 valence electrons. The van der Waals surface area contributed by atoms with E-state index in [-0.39, 0.29) is 44.3 Å². The second kappa shape index (κ2) is 8.67. The maximum atomic E-state index is 13.4. The molecule has 1 aliphatic carbocycles. The number of carbonyl (C=O) groups is 2. The summed E-state index contributed by atoms with van der Waals surface area (Å²) >= 11 is 0. The Balaban J connectivity index is 2.15. The predicted octanol–water partition coefficient (Wildman–Crippen LogP) is 4.14. The number of hydrogen-bond donors (Lipinski definition) is 1. The van der Waals surface area contributed by atoms with Crippen molar-refractivity contribution >= 4 is 11.9 Å². The van der Waals surface area contributed by atoms with Crippen LogP contribution in [-0.4, -0.2) is 34.6 Å². The maximum Gasteiger partial charge on any atom is 0.391 e. The first kappa shape index (κ1) is 21.1. The van der Waals surface area contributed by atoms with Gasteiger partial charge in [-0.05, 0) is 37.0 Å². The van der Waals surface area contributed by atoms with Crippen LogP contribution in [0.25, 0.3) is 0 Å².